The van der Waals surface area contributed by atoms with Crippen LogP contribution in [0.2, 0.25) is 0 Å². The lowest BCUT2D eigenvalue weighted by atomic mass is 10.1. The van der Waals surface area contributed by atoms with E-state index in [4.69, 9.17) is 5.26 Å². The van der Waals surface area contributed by atoms with E-state index in [0.29, 0.717) is 19.4 Å². The summed E-state index contributed by atoms with van der Waals surface area (Å²) < 4.78 is 0. The highest BCUT2D eigenvalue weighted by atomic mass is 32.2. The Bertz CT molecular complexity index is 458. The number of carbonyl (C=O) groups excluding carboxylic acids is 2. The summed E-state index contributed by atoms with van der Waals surface area (Å²) in [6.45, 7) is 2.92. The number of carbonyl (C=O) groups is 2. The standard InChI is InChI=1S/C23H40N2O2S/c1-2-3-4-5-13-16-20-25-22(26)18-21-28-23(27)17-14-11-9-7-6-8-10-12-15-19-24/h18,21H,2-17,20H2,1H3,(H,25,26). The first kappa shape index (κ1) is 26.7. The Labute approximate surface area is 176 Å². The molecule has 1 N–H and O–H groups in total. The van der Waals surface area contributed by atoms with Crippen molar-refractivity contribution in [1.82, 2.24) is 5.32 Å². The Morgan fingerprint density at radius 3 is 2.07 bits per heavy atom. The fourth-order valence-corrected chi connectivity index (χ4v) is 3.55. The third-order valence-corrected chi connectivity index (χ3v) is 5.41. The molecule has 0 aliphatic heterocycles. The monoisotopic (exact) mass is 408 g/mol. The predicted molar refractivity (Wildman–Crippen MR) is 120 cm³/mol. The van der Waals surface area contributed by atoms with Crippen LogP contribution in [0, 0.1) is 11.3 Å². The van der Waals surface area contributed by atoms with E-state index in [1.807, 2.05) is 0 Å². The summed E-state index contributed by atoms with van der Waals surface area (Å²) >= 11 is 1.13. The van der Waals surface area contributed by atoms with Crippen LogP contribution >= 0.6 is 11.8 Å². The molecule has 28 heavy (non-hydrogen) atoms. The first-order valence-electron chi connectivity index (χ1n) is 11.2. The lowest BCUT2D eigenvalue weighted by Crippen LogP contribution is -2.21. The summed E-state index contributed by atoms with van der Waals surface area (Å²) in [6.07, 6.45) is 19.0. The van der Waals surface area contributed by atoms with Gasteiger partial charge in [-0.25, -0.2) is 0 Å². The van der Waals surface area contributed by atoms with Gasteiger partial charge in [-0.2, -0.15) is 5.26 Å². The minimum absolute atomic E-state index is 0.108. The molecule has 0 saturated carbocycles. The maximum atomic E-state index is 11.8. The molecule has 0 spiro atoms. The van der Waals surface area contributed by atoms with Crippen molar-refractivity contribution in [2.45, 2.75) is 110 Å². The second-order valence-electron chi connectivity index (χ2n) is 7.34. The summed E-state index contributed by atoms with van der Waals surface area (Å²) in [5, 5.41) is 13.1. The van der Waals surface area contributed by atoms with Crippen molar-refractivity contribution in [3.05, 3.63) is 11.5 Å². The molecule has 0 aliphatic rings. The van der Waals surface area contributed by atoms with Crippen molar-refractivity contribution in [3.63, 3.8) is 0 Å². The average Bonchev–Trinajstić information content (AvgIpc) is 2.68. The Balaban J connectivity index is 3.43. The van der Waals surface area contributed by atoms with Crippen molar-refractivity contribution in [2.75, 3.05) is 6.54 Å². The van der Waals surface area contributed by atoms with E-state index in [9.17, 15) is 9.59 Å². The molecule has 0 aromatic carbocycles. The molecule has 160 valence electrons. The molecule has 0 bridgehead atoms. The van der Waals surface area contributed by atoms with Gasteiger partial charge in [0.2, 0.25) is 5.91 Å². The molecule has 0 atom stereocenters. The number of rotatable bonds is 19. The van der Waals surface area contributed by atoms with Gasteiger partial charge in [-0.3, -0.25) is 9.59 Å². The van der Waals surface area contributed by atoms with Gasteiger partial charge in [0.15, 0.2) is 5.12 Å². The summed E-state index contributed by atoms with van der Waals surface area (Å²) in [5.74, 6) is -0.108. The molecule has 4 nitrogen and oxygen atoms in total. The van der Waals surface area contributed by atoms with E-state index < -0.39 is 0 Å². The Morgan fingerprint density at radius 1 is 0.857 bits per heavy atom. The van der Waals surface area contributed by atoms with Crippen molar-refractivity contribution in [2.24, 2.45) is 0 Å². The molecule has 0 rings (SSSR count). The lowest BCUT2D eigenvalue weighted by Gasteiger charge is -2.02. The molecule has 0 unspecified atom stereocenters. The number of hydrogen-bond donors (Lipinski definition) is 1. The van der Waals surface area contributed by atoms with Crippen LogP contribution in [-0.4, -0.2) is 17.6 Å². The van der Waals surface area contributed by atoms with Crippen LogP contribution in [0.4, 0.5) is 0 Å². The zero-order valence-electron chi connectivity index (χ0n) is 17.8. The first-order chi connectivity index (χ1) is 13.7. The highest BCUT2D eigenvalue weighted by Crippen LogP contribution is 2.14. The second-order valence-corrected chi connectivity index (χ2v) is 8.30. The largest absolute Gasteiger partial charge is 0.353 e. The number of unbranched alkanes of at least 4 members (excludes halogenated alkanes) is 13. The highest BCUT2D eigenvalue weighted by molar-refractivity contribution is 8.16. The summed E-state index contributed by atoms with van der Waals surface area (Å²) in [4.78, 5) is 23.5. The summed E-state index contributed by atoms with van der Waals surface area (Å²) in [5.41, 5.74) is 0. The number of nitrogens with one attached hydrogen (secondary N) is 1. The van der Waals surface area contributed by atoms with Gasteiger partial charge in [-0.15, -0.1) is 0 Å². The lowest BCUT2D eigenvalue weighted by molar-refractivity contribution is -0.116. The number of amides is 1. The SMILES string of the molecule is CCCCCCCCNC(=O)C=CSC(=O)CCCCCCCCCCC#N. The minimum Gasteiger partial charge on any atom is -0.353 e. The van der Waals surface area contributed by atoms with Gasteiger partial charge < -0.3 is 5.32 Å². The smallest absolute Gasteiger partial charge is 0.244 e. The van der Waals surface area contributed by atoms with E-state index in [1.54, 1.807) is 5.41 Å². The topological polar surface area (TPSA) is 70.0 Å². The van der Waals surface area contributed by atoms with Gasteiger partial charge in [0, 0.05) is 25.5 Å². The van der Waals surface area contributed by atoms with Gasteiger partial charge in [-0.05, 0) is 24.7 Å². The fourth-order valence-electron chi connectivity index (χ4n) is 2.94. The Hall–Kier alpha value is -1.28. The third kappa shape index (κ3) is 21.0. The van der Waals surface area contributed by atoms with Crippen LogP contribution in [0.25, 0.3) is 0 Å². The Morgan fingerprint density at radius 2 is 1.43 bits per heavy atom. The van der Waals surface area contributed by atoms with Crippen LogP contribution in [0.15, 0.2) is 11.5 Å². The molecular weight excluding hydrogens is 368 g/mol. The van der Waals surface area contributed by atoms with E-state index in [2.05, 4.69) is 18.3 Å². The fraction of sp³-hybridized carbons (Fsp3) is 0.783. The quantitative estimate of drug-likeness (QED) is 0.192. The number of thioether (sulfide) groups is 1. The molecule has 0 heterocycles. The molecule has 0 aromatic heterocycles. The average molecular weight is 409 g/mol. The van der Waals surface area contributed by atoms with Gasteiger partial charge in [0.25, 0.3) is 0 Å². The number of hydrogen-bond acceptors (Lipinski definition) is 4. The second kappa shape index (κ2) is 22.0. The molecule has 0 aromatic rings. The normalized spacial score (nSPS) is 10.9. The van der Waals surface area contributed by atoms with E-state index in [0.717, 1.165) is 43.9 Å². The highest BCUT2D eigenvalue weighted by Gasteiger charge is 2.01. The van der Waals surface area contributed by atoms with Crippen LogP contribution < -0.4 is 5.32 Å². The van der Waals surface area contributed by atoms with E-state index in [-0.39, 0.29) is 11.0 Å². The zero-order valence-corrected chi connectivity index (χ0v) is 18.7. The molecular formula is C23H40N2O2S. The van der Waals surface area contributed by atoms with Gasteiger partial charge >= 0.3 is 0 Å². The maximum Gasteiger partial charge on any atom is 0.244 e. The van der Waals surface area contributed by atoms with Crippen molar-refractivity contribution < 1.29 is 9.59 Å². The first-order valence-corrected chi connectivity index (χ1v) is 12.1. The van der Waals surface area contributed by atoms with Crippen LogP contribution in [0.1, 0.15) is 110 Å². The molecule has 1 amide bonds. The van der Waals surface area contributed by atoms with Gasteiger partial charge in [0.1, 0.15) is 0 Å². The van der Waals surface area contributed by atoms with Crippen LogP contribution in [0.5, 0.6) is 0 Å². The third-order valence-electron chi connectivity index (χ3n) is 4.67. The maximum absolute atomic E-state index is 11.8. The zero-order chi connectivity index (χ0) is 20.7. The molecule has 0 radical (unpaired) electrons. The van der Waals surface area contributed by atoms with E-state index >= 15 is 0 Å². The van der Waals surface area contributed by atoms with Gasteiger partial charge in [0.05, 0.1) is 6.07 Å². The summed E-state index contributed by atoms with van der Waals surface area (Å²) in [7, 11) is 0. The van der Waals surface area contributed by atoms with Crippen molar-refractivity contribution >= 4 is 22.8 Å². The summed E-state index contributed by atoms with van der Waals surface area (Å²) in [6, 6.07) is 2.18. The van der Waals surface area contributed by atoms with Gasteiger partial charge in [-0.1, -0.05) is 89.3 Å². The number of nitriles is 1. The number of nitrogens with zero attached hydrogens (tertiary/aromatic N) is 1. The molecule has 5 heteroatoms. The molecule has 0 saturated heterocycles. The van der Waals surface area contributed by atoms with Crippen LogP contribution in [-0.2, 0) is 9.59 Å². The predicted octanol–water partition coefficient (Wildman–Crippen LogP) is 6.66. The minimum atomic E-state index is -0.108. The molecule has 0 aliphatic carbocycles. The van der Waals surface area contributed by atoms with Crippen LogP contribution in [0.3, 0.4) is 0 Å². The van der Waals surface area contributed by atoms with Crippen molar-refractivity contribution in [1.29, 1.82) is 5.26 Å². The molecule has 0 fully saturated rings. The Kier molecular flexibility index (Phi) is 21.0. The van der Waals surface area contributed by atoms with Crippen molar-refractivity contribution in [3.8, 4) is 6.07 Å². The van der Waals surface area contributed by atoms with E-state index in [1.165, 1.54) is 63.9 Å².